The van der Waals surface area contributed by atoms with Crippen LogP contribution >= 0.6 is 0 Å². The first-order valence-corrected chi connectivity index (χ1v) is 24.6. The van der Waals surface area contributed by atoms with Gasteiger partial charge in [0, 0.05) is 22.0 Å². The van der Waals surface area contributed by atoms with Crippen molar-refractivity contribution in [2.75, 3.05) is 0 Å². The van der Waals surface area contributed by atoms with E-state index in [0.717, 1.165) is 52.7 Å². The first-order chi connectivity index (χ1) is 33.3. The molecule has 4 aromatic rings. The van der Waals surface area contributed by atoms with Crippen molar-refractivity contribution in [3.8, 4) is 5.69 Å². The summed E-state index contributed by atoms with van der Waals surface area (Å²) in [5.74, 6) is 0.898. The second kappa shape index (κ2) is 28.1. The van der Waals surface area contributed by atoms with Crippen molar-refractivity contribution >= 4 is 46.7 Å². The van der Waals surface area contributed by atoms with Crippen molar-refractivity contribution < 1.29 is 9.53 Å². The van der Waals surface area contributed by atoms with Crippen molar-refractivity contribution in [3.05, 3.63) is 238 Å². The molecule has 0 radical (unpaired) electrons. The Morgan fingerprint density at radius 2 is 1.44 bits per heavy atom. The van der Waals surface area contributed by atoms with Crippen LogP contribution < -0.4 is 10.6 Å². The molecule has 0 saturated heterocycles. The van der Waals surface area contributed by atoms with Crippen molar-refractivity contribution in [2.24, 2.45) is 0 Å². The Hall–Kier alpha value is -7.17. The van der Waals surface area contributed by atoms with Gasteiger partial charge in [0.2, 0.25) is 0 Å². The lowest BCUT2D eigenvalue weighted by molar-refractivity contribution is -0.113. The van der Waals surface area contributed by atoms with E-state index in [1.165, 1.54) is 38.6 Å². The Kier molecular flexibility index (Phi) is 22.1. The summed E-state index contributed by atoms with van der Waals surface area (Å²) >= 11 is 0. The predicted octanol–water partition coefficient (Wildman–Crippen LogP) is 16.1. The number of para-hydroxylation sites is 2. The van der Waals surface area contributed by atoms with Crippen LogP contribution in [0.2, 0.25) is 0 Å². The summed E-state index contributed by atoms with van der Waals surface area (Å²) < 4.78 is 11.2. The predicted molar refractivity (Wildman–Crippen MR) is 299 cm³/mol. The lowest BCUT2D eigenvalue weighted by Gasteiger charge is -2.14. The lowest BCUT2D eigenvalue weighted by Crippen LogP contribution is -2.28. The zero-order chi connectivity index (χ0) is 49.4. The average Bonchev–Trinajstić information content (AvgIpc) is 3.66. The van der Waals surface area contributed by atoms with Gasteiger partial charge in [0.05, 0.1) is 27.8 Å². The zero-order valence-electron chi connectivity index (χ0n) is 42.5. The first-order valence-electron chi connectivity index (χ1n) is 24.6. The number of hydrogen-bond acceptors (Lipinski definition) is 2. The second-order valence-corrected chi connectivity index (χ2v) is 15.5. The largest absolute Gasteiger partial charge is 0.458 e. The Morgan fingerprint density at radius 1 is 0.735 bits per heavy atom. The van der Waals surface area contributed by atoms with Crippen molar-refractivity contribution in [1.29, 1.82) is 0 Å². The van der Waals surface area contributed by atoms with E-state index in [2.05, 4.69) is 181 Å². The maximum atomic E-state index is 13.5. The highest BCUT2D eigenvalue weighted by molar-refractivity contribution is 5.98. The number of benzene rings is 2. The lowest BCUT2D eigenvalue weighted by atomic mass is 10.0. The fraction of sp³-hybridized carbons (Fsp3) is 0.234. The Balaban J connectivity index is 0.00000105. The van der Waals surface area contributed by atoms with Gasteiger partial charge in [0.1, 0.15) is 11.5 Å². The highest BCUT2D eigenvalue weighted by Crippen LogP contribution is 2.35. The van der Waals surface area contributed by atoms with Gasteiger partial charge in [-0.05, 0) is 154 Å². The summed E-state index contributed by atoms with van der Waals surface area (Å²) in [6, 6.07) is 19.1. The molecule has 0 amide bonds. The smallest absolute Gasteiger partial charge is 0.163 e. The van der Waals surface area contributed by atoms with Crippen LogP contribution in [0, 0.1) is 0 Å². The van der Waals surface area contributed by atoms with Gasteiger partial charge in [-0.3, -0.25) is 4.79 Å². The highest BCUT2D eigenvalue weighted by atomic mass is 16.5. The van der Waals surface area contributed by atoms with E-state index < -0.39 is 0 Å². The molecule has 68 heavy (non-hydrogen) atoms. The molecule has 4 nitrogen and oxygen atoms in total. The molecule has 2 aromatic heterocycles. The van der Waals surface area contributed by atoms with Crippen LogP contribution in [0.25, 0.3) is 46.6 Å². The van der Waals surface area contributed by atoms with E-state index in [0.29, 0.717) is 29.9 Å². The zero-order valence-corrected chi connectivity index (χ0v) is 42.5. The van der Waals surface area contributed by atoms with Gasteiger partial charge in [-0.15, -0.1) is 6.58 Å². The van der Waals surface area contributed by atoms with E-state index in [1.54, 1.807) is 13.0 Å². The first kappa shape index (κ1) is 53.4. The van der Waals surface area contributed by atoms with Gasteiger partial charge in [0.25, 0.3) is 0 Å². The van der Waals surface area contributed by atoms with Crippen LogP contribution in [0.3, 0.4) is 0 Å². The maximum absolute atomic E-state index is 13.5. The van der Waals surface area contributed by atoms with Gasteiger partial charge in [-0.25, -0.2) is 0 Å². The normalized spacial score (nSPS) is 14.7. The summed E-state index contributed by atoms with van der Waals surface area (Å²) in [6.45, 7) is 27.3. The Bertz CT molecular complexity index is 2910. The van der Waals surface area contributed by atoms with E-state index in [-0.39, 0.29) is 5.78 Å². The maximum Gasteiger partial charge on any atom is 0.163 e. The number of fused-ring (bicyclic) bond motifs is 6. The molecule has 0 saturated carbocycles. The molecule has 0 atom stereocenters. The van der Waals surface area contributed by atoms with Crippen LogP contribution in [-0.2, 0) is 22.4 Å². The molecule has 4 aliphatic rings. The standard InChI is InChI=1S/C55H50N2O2.C3H6.3C2H6/c1-5-6-11-28-55(50(41(4)58)38-42-29-33-48-47-25-18-19-27-52(47)56(53(48)35-30-42)44-20-12-7-8-13-21-44)59-40(3)37-39(2)43-31-34-49-46-24-16-10-17-26-51(46)57(54(49)36-32-43)45-22-14-9-15-23-45;1-3-2;3*1-2/h5-7,9-10,12-23,25-28,30-33,35-38H,3,8,11,24,29,34H2,1-2,4H3;3H,1H2,2H3;3*1-2H3/b6-5-,39-37+,50-38+,55-28+;;;;. The molecule has 2 heterocycles. The van der Waals surface area contributed by atoms with E-state index >= 15 is 0 Å². The summed E-state index contributed by atoms with van der Waals surface area (Å²) in [7, 11) is 0. The van der Waals surface area contributed by atoms with E-state index in [9.17, 15) is 4.79 Å². The molecule has 0 spiro atoms. The topological polar surface area (TPSA) is 36.2 Å². The Morgan fingerprint density at radius 3 is 2.18 bits per heavy atom. The van der Waals surface area contributed by atoms with Gasteiger partial charge in [0.15, 0.2) is 5.78 Å². The number of Topliss-reactive ketones (excluding diaryl/α,β-unsaturated/α-hetero) is 1. The molecule has 4 heteroatoms. The van der Waals surface area contributed by atoms with E-state index in [1.807, 2.05) is 79.7 Å². The SMILES string of the molecule is C=C(/C=C(\C)C1=CCc2c3c(n(-c4ccccc4)c2C=C1)C=CC=CC3)OC(=C/C/C=C\C)/C(=C/C1=CC=c2c(c3ccccc3n2C2=CC=CCC=C2)=CC1)C(C)=O.C=CC.CC.CC.CC. The van der Waals surface area contributed by atoms with Gasteiger partial charge in [-0.2, -0.15) is 0 Å². The molecule has 0 unspecified atom stereocenters. The fourth-order valence-corrected chi connectivity index (χ4v) is 8.31. The van der Waals surface area contributed by atoms with Gasteiger partial charge >= 0.3 is 0 Å². The number of ketones is 1. The van der Waals surface area contributed by atoms with Gasteiger partial charge in [-0.1, -0.05) is 164 Å². The minimum absolute atomic E-state index is 0.0711. The van der Waals surface area contributed by atoms with E-state index in [4.69, 9.17) is 4.74 Å². The van der Waals surface area contributed by atoms with Crippen LogP contribution in [0.5, 0.6) is 0 Å². The third-order valence-corrected chi connectivity index (χ3v) is 11.1. The van der Waals surface area contributed by atoms with Crippen molar-refractivity contribution in [3.63, 3.8) is 0 Å². The molecule has 0 fully saturated rings. The molecular formula is C64H74N2O2. The fourth-order valence-electron chi connectivity index (χ4n) is 8.31. The number of allylic oxidation sites excluding steroid dienone is 22. The number of ether oxygens (including phenoxy) is 1. The van der Waals surface area contributed by atoms with Gasteiger partial charge < -0.3 is 13.9 Å². The molecule has 352 valence electrons. The van der Waals surface area contributed by atoms with Crippen LogP contribution in [0.1, 0.15) is 111 Å². The average molecular weight is 903 g/mol. The molecule has 0 bridgehead atoms. The molecule has 2 aromatic carbocycles. The molecule has 4 aliphatic carbocycles. The molecule has 0 aliphatic heterocycles. The van der Waals surface area contributed by atoms with Crippen LogP contribution in [-0.4, -0.2) is 14.9 Å². The second-order valence-electron chi connectivity index (χ2n) is 15.5. The third kappa shape index (κ3) is 13.3. The number of rotatable bonds is 11. The Labute approximate surface area is 408 Å². The summed E-state index contributed by atoms with van der Waals surface area (Å²) in [4.78, 5) is 13.5. The number of carbonyl (C=O) groups excluding carboxylic acids is 1. The minimum Gasteiger partial charge on any atom is -0.458 e. The monoisotopic (exact) mass is 903 g/mol. The third-order valence-electron chi connectivity index (χ3n) is 11.1. The summed E-state index contributed by atoms with van der Waals surface area (Å²) in [5, 5.41) is 3.51. The summed E-state index contributed by atoms with van der Waals surface area (Å²) in [6.07, 6.45) is 48.5. The highest BCUT2D eigenvalue weighted by Gasteiger charge is 2.22. The number of aromatic nitrogens is 2. The van der Waals surface area contributed by atoms with Crippen molar-refractivity contribution in [1.82, 2.24) is 9.13 Å². The number of nitrogens with zero attached hydrogens (tertiary/aromatic N) is 2. The minimum atomic E-state index is -0.0711. The number of carbonyl (C=O) groups is 1. The van der Waals surface area contributed by atoms with Crippen LogP contribution in [0.15, 0.2) is 205 Å². The quantitative estimate of drug-likeness (QED) is 0.0651. The number of hydrogen-bond donors (Lipinski definition) is 0. The molecular weight excluding hydrogens is 829 g/mol. The molecule has 0 N–H and O–H groups in total. The molecule has 8 rings (SSSR count). The van der Waals surface area contributed by atoms with Crippen molar-refractivity contribution in [2.45, 2.75) is 101 Å². The summed E-state index contributed by atoms with van der Waals surface area (Å²) in [5.41, 5.74) is 12.2. The van der Waals surface area contributed by atoms with Crippen LogP contribution in [0.4, 0.5) is 0 Å².